The molecule has 0 bridgehead atoms. The Morgan fingerprint density at radius 1 is 1.35 bits per heavy atom. The maximum Gasteiger partial charge on any atom is 0.193 e. The van der Waals surface area contributed by atoms with Gasteiger partial charge in [0.25, 0.3) is 0 Å². The van der Waals surface area contributed by atoms with Gasteiger partial charge < -0.3 is 10.2 Å². The van der Waals surface area contributed by atoms with Crippen LogP contribution in [0.1, 0.15) is 25.8 Å². The molecule has 1 heterocycles. The summed E-state index contributed by atoms with van der Waals surface area (Å²) in [7, 11) is 1.86. The molecule has 0 aromatic heterocycles. The van der Waals surface area contributed by atoms with E-state index < -0.39 is 0 Å². The summed E-state index contributed by atoms with van der Waals surface area (Å²) in [5.74, 6) is 1.02. The van der Waals surface area contributed by atoms with Gasteiger partial charge in [-0.2, -0.15) is 0 Å². The predicted octanol–water partition coefficient (Wildman–Crippen LogP) is 3.19. The Labute approximate surface area is 127 Å². The molecule has 1 fully saturated rings. The largest absolute Gasteiger partial charge is 0.356 e. The molecule has 1 aliphatic rings. The van der Waals surface area contributed by atoms with Gasteiger partial charge in [-0.15, -0.1) is 0 Å². The van der Waals surface area contributed by atoms with Crippen molar-refractivity contribution in [2.24, 2.45) is 10.4 Å². The van der Waals surface area contributed by atoms with Gasteiger partial charge >= 0.3 is 0 Å². The number of benzene rings is 1. The van der Waals surface area contributed by atoms with Gasteiger partial charge in [-0.3, -0.25) is 4.99 Å². The van der Waals surface area contributed by atoms with Crippen LogP contribution in [0.25, 0.3) is 0 Å². The monoisotopic (exact) mass is 293 g/mol. The van der Waals surface area contributed by atoms with E-state index >= 15 is 0 Å². The van der Waals surface area contributed by atoms with Crippen molar-refractivity contribution >= 4 is 17.6 Å². The zero-order valence-corrected chi connectivity index (χ0v) is 13.4. The summed E-state index contributed by atoms with van der Waals surface area (Å²) in [5.41, 5.74) is 1.69. The molecule has 0 radical (unpaired) electrons. The Morgan fingerprint density at radius 3 is 2.60 bits per heavy atom. The van der Waals surface area contributed by atoms with Crippen molar-refractivity contribution in [3.05, 3.63) is 34.9 Å². The minimum absolute atomic E-state index is 0.397. The quantitative estimate of drug-likeness (QED) is 0.685. The Kier molecular flexibility index (Phi) is 4.92. The third-order valence-corrected chi connectivity index (χ3v) is 4.05. The van der Waals surface area contributed by atoms with Crippen LogP contribution in [0.4, 0.5) is 0 Å². The lowest BCUT2D eigenvalue weighted by molar-refractivity contribution is 0.370. The fourth-order valence-electron chi connectivity index (χ4n) is 2.60. The average Bonchev–Trinajstić information content (AvgIpc) is 2.77. The van der Waals surface area contributed by atoms with Crippen LogP contribution in [-0.4, -0.2) is 37.5 Å². The number of hydrogen-bond acceptors (Lipinski definition) is 1. The Balaban J connectivity index is 1.82. The number of aliphatic imine (C=N–C) groups is 1. The summed E-state index contributed by atoms with van der Waals surface area (Å²) in [5, 5.41) is 4.24. The molecule has 20 heavy (non-hydrogen) atoms. The molecule has 2 rings (SSSR count). The third kappa shape index (κ3) is 4.14. The summed E-state index contributed by atoms with van der Waals surface area (Å²) >= 11 is 5.89. The number of nitrogens with zero attached hydrogens (tertiary/aromatic N) is 2. The normalized spacial score (nSPS) is 18.4. The molecular formula is C16H24ClN3. The van der Waals surface area contributed by atoms with Crippen LogP contribution in [0.2, 0.25) is 5.02 Å². The minimum atomic E-state index is 0.397. The molecule has 1 N–H and O–H groups in total. The smallest absolute Gasteiger partial charge is 0.193 e. The molecule has 0 unspecified atom stereocenters. The van der Waals surface area contributed by atoms with Gasteiger partial charge in [0.2, 0.25) is 0 Å². The molecule has 3 nitrogen and oxygen atoms in total. The van der Waals surface area contributed by atoms with Crippen molar-refractivity contribution in [2.75, 3.05) is 26.7 Å². The number of hydrogen-bond donors (Lipinski definition) is 1. The highest BCUT2D eigenvalue weighted by Gasteiger charge is 2.30. The van der Waals surface area contributed by atoms with E-state index in [2.05, 4.69) is 41.2 Å². The van der Waals surface area contributed by atoms with Crippen molar-refractivity contribution in [1.29, 1.82) is 0 Å². The molecule has 1 aromatic rings. The molecule has 110 valence electrons. The van der Waals surface area contributed by atoms with Gasteiger partial charge in [0.05, 0.1) is 0 Å². The summed E-state index contributed by atoms with van der Waals surface area (Å²) in [6.45, 7) is 7.69. The summed E-state index contributed by atoms with van der Waals surface area (Å²) in [6, 6.07) is 8.03. The maximum atomic E-state index is 5.89. The molecule has 1 aromatic carbocycles. The van der Waals surface area contributed by atoms with E-state index in [4.69, 9.17) is 11.6 Å². The van der Waals surface area contributed by atoms with Gasteiger partial charge in [0.1, 0.15) is 0 Å². The van der Waals surface area contributed by atoms with Gasteiger partial charge in [0, 0.05) is 31.7 Å². The first-order chi connectivity index (χ1) is 9.50. The lowest BCUT2D eigenvalue weighted by atomic mass is 9.93. The van der Waals surface area contributed by atoms with Crippen LogP contribution in [-0.2, 0) is 6.42 Å². The van der Waals surface area contributed by atoms with Crippen molar-refractivity contribution in [3.8, 4) is 0 Å². The second kappa shape index (κ2) is 6.49. The molecule has 0 aliphatic carbocycles. The Hall–Kier alpha value is -1.22. The fourth-order valence-corrected chi connectivity index (χ4v) is 2.72. The van der Waals surface area contributed by atoms with Gasteiger partial charge in [-0.1, -0.05) is 37.6 Å². The highest BCUT2D eigenvalue weighted by molar-refractivity contribution is 6.30. The summed E-state index contributed by atoms with van der Waals surface area (Å²) < 4.78 is 0. The van der Waals surface area contributed by atoms with Crippen LogP contribution in [0.5, 0.6) is 0 Å². The molecule has 0 saturated carbocycles. The fraction of sp³-hybridized carbons (Fsp3) is 0.562. The standard InChI is InChI=1S/C16H24ClN3/c1-16(2)9-11-20(12-16)15(18-3)19-10-8-13-4-6-14(17)7-5-13/h4-7H,8-12H2,1-3H3,(H,18,19). The molecule has 1 aliphatic heterocycles. The summed E-state index contributed by atoms with van der Waals surface area (Å²) in [6.07, 6.45) is 2.21. The van der Waals surface area contributed by atoms with E-state index in [0.29, 0.717) is 5.41 Å². The number of guanidine groups is 1. The third-order valence-electron chi connectivity index (χ3n) is 3.80. The van der Waals surface area contributed by atoms with Crippen LogP contribution < -0.4 is 5.32 Å². The second-order valence-electron chi connectivity index (χ2n) is 6.19. The minimum Gasteiger partial charge on any atom is -0.356 e. The van der Waals surface area contributed by atoms with Gasteiger partial charge in [0.15, 0.2) is 5.96 Å². The average molecular weight is 294 g/mol. The zero-order valence-electron chi connectivity index (χ0n) is 12.6. The number of likely N-dealkylation sites (tertiary alicyclic amines) is 1. The Morgan fingerprint density at radius 2 is 2.05 bits per heavy atom. The first-order valence-electron chi connectivity index (χ1n) is 7.20. The number of halogens is 1. The molecule has 0 spiro atoms. The first kappa shape index (κ1) is 15.2. The number of rotatable bonds is 3. The maximum absolute atomic E-state index is 5.89. The Bertz CT molecular complexity index is 465. The predicted molar refractivity (Wildman–Crippen MR) is 86.5 cm³/mol. The van der Waals surface area contributed by atoms with E-state index in [1.807, 2.05) is 19.2 Å². The van der Waals surface area contributed by atoms with Crippen molar-refractivity contribution in [1.82, 2.24) is 10.2 Å². The first-order valence-corrected chi connectivity index (χ1v) is 7.58. The van der Waals surface area contributed by atoms with Crippen molar-refractivity contribution in [2.45, 2.75) is 26.7 Å². The van der Waals surface area contributed by atoms with Crippen LogP contribution in [0.3, 0.4) is 0 Å². The lowest BCUT2D eigenvalue weighted by Crippen LogP contribution is -2.41. The second-order valence-corrected chi connectivity index (χ2v) is 6.62. The van der Waals surface area contributed by atoms with Crippen molar-refractivity contribution < 1.29 is 0 Å². The zero-order chi connectivity index (χ0) is 14.6. The molecule has 0 amide bonds. The number of nitrogens with one attached hydrogen (secondary N) is 1. The molecule has 4 heteroatoms. The van der Waals surface area contributed by atoms with Crippen LogP contribution in [0.15, 0.2) is 29.3 Å². The van der Waals surface area contributed by atoms with E-state index in [0.717, 1.165) is 37.0 Å². The highest BCUT2D eigenvalue weighted by Crippen LogP contribution is 2.28. The summed E-state index contributed by atoms with van der Waals surface area (Å²) in [4.78, 5) is 6.74. The topological polar surface area (TPSA) is 27.6 Å². The van der Waals surface area contributed by atoms with Gasteiger partial charge in [-0.05, 0) is 36.0 Å². The van der Waals surface area contributed by atoms with E-state index in [-0.39, 0.29) is 0 Å². The molecular weight excluding hydrogens is 270 g/mol. The molecule has 0 atom stereocenters. The molecule has 1 saturated heterocycles. The SMILES string of the molecule is CN=C(NCCc1ccc(Cl)cc1)N1CCC(C)(C)C1. The highest BCUT2D eigenvalue weighted by atomic mass is 35.5. The van der Waals surface area contributed by atoms with Gasteiger partial charge in [-0.25, -0.2) is 0 Å². The van der Waals surface area contributed by atoms with E-state index in [1.165, 1.54) is 12.0 Å². The van der Waals surface area contributed by atoms with E-state index in [9.17, 15) is 0 Å². The van der Waals surface area contributed by atoms with Crippen LogP contribution >= 0.6 is 11.6 Å². The lowest BCUT2D eigenvalue weighted by Gasteiger charge is -2.23. The van der Waals surface area contributed by atoms with Crippen LogP contribution in [0, 0.1) is 5.41 Å². The van der Waals surface area contributed by atoms with E-state index in [1.54, 1.807) is 0 Å². The van der Waals surface area contributed by atoms with Crippen molar-refractivity contribution in [3.63, 3.8) is 0 Å².